The van der Waals surface area contributed by atoms with E-state index in [1.807, 2.05) is 0 Å². The molecular formula is C21H40N4O. The summed E-state index contributed by atoms with van der Waals surface area (Å²) in [5.41, 5.74) is 0.316. The van der Waals surface area contributed by atoms with Crippen molar-refractivity contribution in [1.29, 1.82) is 0 Å². The molecule has 1 N–H and O–H groups in total. The number of nitrogens with zero attached hydrogens (tertiary/aromatic N) is 3. The highest BCUT2D eigenvalue weighted by molar-refractivity contribution is 5.79. The molecule has 2 heterocycles. The summed E-state index contributed by atoms with van der Waals surface area (Å²) in [6.07, 6.45) is 12.1. The summed E-state index contributed by atoms with van der Waals surface area (Å²) in [4.78, 5) is 10.3. The number of ether oxygens (including phenoxy) is 1. The summed E-state index contributed by atoms with van der Waals surface area (Å²) >= 11 is 0. The van der Waals surface area contributed by atoms with Crippen molar-refractivity contribution in [2.24, 2.45) is 10.9 Å². The molecule has 2 aliphatic heterocycles. The Morgan fingerprint density at radius 2 is 1.88 bits per heavy atom. The second-order valence-electron chi connectivity index (χ2n) is 8.61. The first-order chi connectivity index (χ1) is 12.7. The van der Waals surface area contributed by atoms with E-state index >= 15 is 0 Å². The van der Waals surface area contributed by atoms with Crippen LogP contribution in [0.2, 0.25) is 0 Å². The number of hydrogen-bond donors (Lipinski definition) is 1. The predicted octanol–water partition coefficient (Wildman–Crippen LogP) is 3.11. The highest BCUT2D eigenvalue weighted by Gasteiger charge is 2.38. The lowest BCUT2D eigenvalue weighted by atomic mass is 9.79. The number of aliphatic imine (C=N–C) groups is 1. The van der Waals surface area contributed by atoms with Crippen molar-refractivity contribution in [3.63, 3.8) is 0 Å². The Bertz CT molecular complexity index is 435. The zero-order valence-electron chi connectivity index (χ0n) is 17.1. The Balaban J connectivity index is 1.67. The van der Waals surface area contributed by atoms with Crippen LogP contribution in [-0.4, -0.2) is 74.3 Å². The highest BCUT2D eigenvalue weighted by Crippen LogP contribution is 2.36. The topological polar surface area (TPSA) is 40.1 Å². The molecule has 5 nitrogen and oxygen atoms in total. The van der Waals surface area contributed by atoms with Gasteiger partial charge in [-0.15, -0.1) is 0 Å². The molecule has 0 aromatic rings. The first-order valence-electron chi connectivity index (χ1n) is 11.1. The monoisotopic (exact) mass is 364 g/mol. The second-order valence-corrected chi connectivity index (χ2v) is 8.61. The van der Waals surface area contributed by atoms with Gasteiger partial charge in [-0.05, 0) is 52.1 Å². The summed E-state index contributed by atoms with van der Waals surface area (Å²) in [5.74, 6) is 1.73. The van der Waals surface area contributed by atoms with E-state index in [2.05, 4.69) is 29.1 Å². The van der Waals surface area contributed by atoms with Crippen molar-refractivity contribution in [3.8, 4) is 0 Å². The minimum Gasteiger partial charge on any atom is -0.381 e. The minimum atomic E-state index is 0.316. The number of likely N-dealkylation sites (tertiary alicyclic amines) is 1. The van der Waals surface area contributed by atoms with Gasteiger partial charge in [0.2, 0.25) is 0 Å². The summed E-state index contributed by atoms with van der Waals surface area (Å²) < 4.78 is 5.55. The van der Waals surface area contributed by atoms with Gasteiger partial charge in [0.15, 0.2) is 5.96 Å². The van der Waals surface area contributed by atoms with Crippen LogP contribution in [0.5, 0.6) is 0 Å². The van der Waals surface area contributed by atoms with Gasteiger partial charge in [0.05, 0.1) is 13.2 Å². The van der Waals surface area contributed by atoms with Crippen LogP contribution < -0.4 is 5.32 Å². The molecule has 1 aliphatic carbocycles. The van der Waals surface area contributed by atoms with Crippen LogP contribution in [-0.2, 0) is 4.74 Å². The van der Waals surface area contributed by atoms with Crippen LogP contribution in [0, 0.1) is 5.92 Å². The molecule has 3 fully saturated rings. The van der Waals surface area contributed by atoms with Crippen molar-refractivity contribution >= 4 is 5.96 Å². The number of rotatable bonds is 6. The Kier molecular flexibility index (Phi) is 7.62. The maximum Gasteiger partial charge on any atom is 0.193 e. The fourth-order valence-electron chi connectivity index (χ4n) is 5.05. The maximum absolute atomic E-state index is 5.55. The molecule has 150 valence electrons. The lowest BCUT2D eigenvalue weighted by Crippen LogP contribution is -2.55. The van der Waals surface area contributed by atoms with E-state index in [1.165, 1.54) is 70.9 Å². The molecule has 0 amide bonds. The quantitative estimate of drug-likeness (QED) is 0.581. The average molecular weight is 365 g/mol. The number of nitrogens with one attached hydrogen (secondary N) is 1. The molecule has 1 saturated carbocycles. The third-order valence-electron chi connectivity index (χ3n) is 6.59. The third kappa shape index (κ3) is 5.13. The molecule has 0 spiro atoms. The Morgan fingerprint density at radius 1 is 1.15 bits per heavy atom. The van der Waals surface area contributed by atoms with Crippen LogP contribution in [0.15, 0.2) is 4.99 Å². The zero-order valence-corrected chi connectivity index (χ0v) is 17.1. The summed E-state index contributed by atoms with van der Waals surface area (Å²) in [6, 6.07) is 0. The second kappa shape index (κ2) is 9.93. The first-order valence-corrected chi connectivity index (χ1v) is 11.1. The fourth-order valence-corrected chi connectivity index (χ4v) is 5.05. The van der Waals surface area contributed by atoms with Gasteiger partial charge in [-0.25, -0.2) is 0 Å². The Labute approximate surface area is 160 Å². The standard InChI is InChI=1S/C21H40N4O/c1-3-22-20(24(2)16-19-10-15-26-17-19)23-18-21(11-6-4-7-12-21)25-13-8-5-9-14-25/h19H,3-18H2,1-2H3,(H,22,23). The maximum atomic E-state index is 5.55. The van der Waals surface area contributed by atoms with Crippen LogP contribution in [0.1, 0.15) is 64.7 Å². The predicted molar refractivity (Wildman–Crippen MR) is 109 cm³/mol. The molecule has 5 heteroatoms. The fraction of sp³-hybridized carbons (Fsp3) is 0.952. The number of piperidine rings is 1. The third-order valence-corrected chi connectivity index (χ3v) is 6.59. The van der Waals surface area contributed by atoms with E-state index in [9.17, 15) is 0 Å². The van der Waals surface area contributed by atoms with Crippen molar-refractivity contribution in [3.05, 3.63) is 0 Å². The molecular weight excluding hydrogens is 324 g/mol. The van der Waals surface area contributed by atoms with Gasteiger partial charge in [0.25, 0.3) is 0 Å². The minimum absolute atomic E-state index is 0.316. The molecule has 3 rings (SSSR count). The summed E-state index contributed by atoms with van der Waals surface area (Å²) in [5, 5.41) is 3.53. The molecule has 2 saturated heterocycles. The molecule has 1 atom stereocenters. The average Bonchev–Trinajstić information content (AvgIpc) is 3.19. The number of guanidine groups is 1. The van der Waals surface area contributed by atoms with Crippen molar-refractivity contribution in [2.45, 2.75) is 70.3 Å². The van der Waals surface area contributed by atoms with Gasteiger partial charge in [0.1, 0.15) is 0 Å². The zero-order chi connectivity index (χ0) is 18.2. The van der Waals surface area contributed by atoms with Gasteiger partial charge in [-0.1, -0.05) is 25.7 Å². The number of hydrogen-bond acceptors (Lipinski definition) is 3. The van der Waals surface area contributed by atoms with Crippen molar-refractivity contribution in [1.82, 2.24) is 15.1 Å². The molecule has 0 aromatic carbocycles. The van der Waals surface area contributed by atoms with Gasteiger partial charge in [0, 0.05) is 38.2 Å². The molecule has 3 aliphatic rings. The Hall–Kier alpha value is -0.810. The van der Waals surface area contributed by atoms with Gasteiger partial charge in [-0.3, -0.25) is 9.89 Å². The molecule has 26 heavy (non-hydrogen) atoms. The van der Waals surface area contributed by atoms with E-state index in [0.717, 1.165) is 38.8 Å². The lowest BCUT2D eigenvalue weighted by molar-refractivity contribution is 0.0405. The highest BCUT2D eigenvalue weighted by atomic mass is 16.5. The molecule has 0 bridgehead atoms. The lowest BCUT2D eigenvalue weighted by Gasteiger charge is -2.47. The van der Waals surface area contributed by atoms with Crippen LogP contribution >= 0.6 is 0 Å². The van der Waals surface area contributed by atoms with Gasteiger partial charge in [-0.2, -0.15) is 0 Å². The first kappa shape index (κ1) is 19.9. The smallest absolute Gasteiger partial charge is 0.193 e. The van der Waals surface area contributed by atoms with Crippen molar-refractivity contribution in [2.75, 3.05) is 53.0 Å². The molecule has 0 radical (unpaired) electrons. The molecule has 1 unspecified atom stereocenters. The van der Waals surface area contributed by atoms with Crippen LogP contribution in [0.4, 0.5) is 0 Å². The van der Waals surface area contributed by atoms with Crippen LogP contribution in [0.3, 0.4) is 0 Å². The van der Waals surface area contributed by atoms with Crippen LogP contribution in [0.25, 0.3) is 0 Å². The van der Waals surface area contributed by atoms with Crippen molar-refractivity contribution < 1.29 is 4.74 Å². The normalized spacial score (nSPS) is 27.5. The van der Waals surface area contributed by atoms with E-state index in [4.69, 9.17) is 9.73 Å². The van der Waals surface area contributed by atoms with Gasteiger partial charge < -0.3 is 15.0 Å². The summed E-state index contributed by atoms with van der Waals surface area (Å²) in [7, 11) is 2.19. The largest absolute Gasteiger partial charge is 0.381 e. The Morgan fingerprint density at radius 3 is 2.54 bits per heavy atom. The van der Waals surface area contributed by atoms with E-state index in [0.29, 0.717) is 11.5 Å². The molecule has 0 aromatic heterocycles. The van der Waals surface area contributed by atoms with Gasteiger partial charge >= 0.3 is 0 Å². The van der Waals surface area contributed by atoms with E-state index in [-0.39, 0.29) is 0 Å². The van der Waals surface area contributed by atoms with E-state index in [1.54, 1.807) is 0 Å². The van der Waals surface area contributed by atoms with E-state index < -0.39 is 0 Å². The SMILES string of the molecule is CCNC(=NCC1(N2CCCCC2)CCCCC1)N(C)CC1CCOC1. The summed E-state index contributed by atoms with van der Waals surface area (Å²) in [6.45, 7) is 9.49.